The van der Waals surface area contributed by atoms with Gasteiger partial charge in [0.25, 0.3) is 0 Å². The molecule has 1 aliphatic rings. The summed E-state index contributed by atoms with van der Waals surface area (Å²) < 4.78 is 7.52. The number of ether oxygens (including phenoxy) is 1. The van der Waals surface area contributed by atoms with E-state index in [4.69, 9.17) is 4.74 Å². The number of likely N-dealkylation sites (N-methyl/N-ethyl adjacent to an activating group) is 1. The Morgan fingerprint density at radius 1 is 1.46 bits per heavy atom. The van der Waals surface area contributed by atoms with Gasteiger partial charge in [-0.15, -0.1) is 0 Å². The lowest BCUT2D eigenvalue weighted by atomic mass is 10.1. The third-order valence-corrected chi connectivity index (χ3v) is 4.59. The second kappa shape index (κ2) is 9.03. The van der Waals surface area contributed by atoms with Crippen LogP contribution in [0.1, 0.15) is 38.3 Å². The van der Waals surface area contributed by atoms with Gasteiger partial charge >= 0.3 is 6.03 Å². The van der Waals surface area contributed by atoms with Gasteiger partial charge in [0.05, 0.1) is 25.5 Å². The van der Waals surface area contributed by atoms with Crippen LogP contribution in [0.2, 0.25) is 0 Å². The van der Waals surface area contributed by atoms with Gasteiger partial charge in [-0.2, -0.15) is 5.10 Å². The number of nitrogens with one attached hydrogen (secondary N) is 2. The Kier molecular flexibility index (Phi) is 7.05. The van der Waals surface area contributed by atoms with E-state index in [1.54, 1.807) is 0 Å². The number of nitrogens with zero attached hydrogens (tertiary/aromatic N) is 3. The number of urea groups is 1. The molecule has 1 aliphatic heterocycles. The van der Waals surface area contributed by atoms with E-state index in [2.05, 4.69) is 41.5 Å². The van der Waals surface area contributed by atoms with E-state index >= 15 is 0 Å². The standard InChI is InChI=1S/C17H31N5O2/c1-5-15(6-2)22-16(13(3)9-19-22)20-17(23)18-10-14-11-21(4)7-8-24-12-14/h9,14-15H,5-8,10-12H2,1-4H3,(H2,18,20,23). The van der Waals surface area contributed by atoms with Crippen molar-refractivity contribution in [2.75, 3.05) is 45.2 Å². The van der Waals surface area contributed by atoms with Crippen LogP contribution in [0.3, 0.4) is 0 Å². The maximum Gasteiger partial charge on any atom is 0.320 e. The third-order valence-electron chi connectivity index (χ3n) is 4.59. The Hall–Kier alpha value is -1.60. The van der Waals surface area contributed by atoms with Crippen LogP contribution in [0, 0.1) is 12.8 Å². The van der Waals surface area contributed by atoms with Gasteiger partial charge in [-0.1, -0.05) is 13.8 Å². The van der Waals surface area contributed by atoms with Crippen molar-refractivity contribution in [2.45, 2.75) is 39.7 Å². The van der Waals surface area contributed by atoms with Crippen molar-refractivity contribution in [3.8, 4) is 0 Å². The second-order valence-corrected chi connectivity index (χ2v) is 6.63. The van der Waals surface area contributed by atoms with Crippen LogP contribution in [0.5, 0.6) is 0 Å². The molecule has 1 atom stereocenters. The number of aryl methyl sites for hydroxylation is 1. The monoisotopic (exact) mass is 337 g/mol. The van der Waals surface area contributed by atoms with E-state index in [1.165, 1.54) is 0 Å². The first kappa shape index (κ1) is 18.7. The minimum Gasteiger partial charge on any atom is -0.380 e. The van der Waals surface area contributed by atoms with Gasteiger partial charge in [-0.05, 0) is 26.8 Å². The summed E-state index contributed by atoms with van der Waals surface area (Å²) in [6.45, 7) is 10.2. The molecule has 0 radical (unpaired) electrons. The molecule has 24 heavy (non-hydrogen) atoms. The highest BCUT2D eigenvalue weighted by molar-refractivity contribution is 5.89. The number of rotatable bonds is 6. The van der Waals surface area contributed by atoms with Crippen molar-refractivity contribution in [1.29, 1.82) is 0 Å². The smallest absolute Gasteiger partial charge is 0.320 e. The quantitative estimate of drug-likeness (QED) is 0.835. The number of hydrogen-bond donors (Lipinski definition) is 2. The van der Waals surface area contributed by atoms with Gasteiger partial charge in [0.15, 0.2) is 0 Å². The topological polar surface area (TPSA) is 71.4 Å². The zero-order valence-electron chi connectivity index (χ0n) is 15.3. The first-order valence-corrected chi connectivity index (χ1v) is 8.90. The zero-order valence-corrected chi connectivity index (χ0v) is 15.3. The number of anilines is 1. The molecule has 2 amide bonds. The fraction of sp³-hybridized carbons (Fsp3) is 0.765. The lowest BCUT2D eigenvalue weighted by Crippen LogP contribution is -2.38. The molecule has 2 heterocycles. The van der Waals surface area contributed by atoms with Gasteiger partial charge < -0.3 is 15.0 Å². The Labute approximate surface area is 144 Å². The molecule has 1 saturated heterocycles. The minimum absolute atomic E-state index is 0.183. The third kappa shape index (κ3) is 4.95. The second-order valence-electron chi connectivity index (χ2n) is 6.63. The van der Waals surface area contributed by atoms with Crippen molar-refractivity contribution in [3.63, 3.8) is 0 Å². The summed E-state index contributed by atoms with van der Waals surface area (Å²) in [5.74, 6) is 1.10. The minimum atomic E-state index is -0.183. The number of aromatic nitrogens is 2. The molecule has 1 aromatic rings. The Bertz CT molecular complexity index is 527. The van der Waals surface area contributed by atoms with E-state index in [0.717, 1.165) is 43.9 Å². The summed E-state index contributed by atoms with van der Waals surface area (Å²) in [4.78, 5) is 14.5. The summed E-state index contributed by atoms with van der Waals surface area (Å²) in [7, 11) is 2.08. The van der Waals surface area contributed by atoms with Crippen molar-refractivity contribution in [3.05, 3.63) is 11.8 Å². The van der Waals surface area contributed by atoms with Crippen LogP contribution < -0.4 is 10.6 Å². The highest BCUT2D eigenvalue weighted by Gasteiger charge is 2.19. The number of hydrogen-bond acceptors (Lipinski definition) is 4. The lowest BCUT2D eigenvalue weighted by Gasteiger charge is -2.20. The van der Waals surface area contributed by atoms with E-state index in [-0.39, 0.29) is 6.03 Å². The Morgan fingerprint density at radius 2 is 2.21 bits per heavy atom. The maximum absolute atomic E-state index is 12.3. The molecule has 1 unspecified atom stereocenters. The van der Waals surface area contributed by atoms with Crippen molar-refractivity contribution >= 4 is 11.8 Å². The highest BCUT2D eigenvalue weighted by Crippen LogP contribution is 2.23. The Morgan fingerprint density at radius 3 is 2.92 bits per heavy atom. The zero-order chi connectivity index (χ0) is 17.5. The molecule has 7 nitrogen and oxygen atoms in total. The molecule has 1 fully saturated rings. The van der Waals surface area contributed by atoms with Crippen LogP contribution in [0.4, 0.5) is 10.6 Å². The van der Waals surface area contributed by atoms with E-state index in [1.807, 2.05) is 17.8 Å². The van der Waals surface area contributed by atoms with Crippen LogP contribution in [0.15, 0.2) is 6.20 Å². The summed E-state index contributed by atoms with van der Waals surface area (Å²) >= 11 is 0. The number of carbonyl (C=O) groups excluding carboxylic acids is 1. The molecule has 0 spiro atoms. The normalized spacial score (nSPS) is 19.3. The predicted octanol–water partition coefficient (Wildman–Crippen LogP) is 2.25. The van der Waals surface area contributed by atoms with Crippen molar-refractivity contribution in [1.82, 2.24) is 20.0 Å². The van der Waals surface area contributed by atoms with Crippen molar-refractivity contribution < 1.29 is 9.53 Å². The Balaban J connectivity index is 1.91. The van der Waals surface area contributed by atoms with Gasteiger partial charge in [0.1, 0.15) is 5.82 Å². The lowest BCUT2D eigenvalue weighted by molar-refractivity contribution is 0.122. The predicted molar refractivity (Wildman–Crippen MR) is 95.4 cm³/mol. The van der Waals surface area contributed by atoms with E-state index in [0.29, 0.717) is 25.1 Å². The van der Waals surface area contributed by atoms with Gasteiger partial charge in [0.2, 0.25) is 0 Å². The molecule has 7 heteroatoms. The summed E-state index contributed by atoms with van der Waals surface area (Å²) in [6.07, 6.45) is 3.78. The summed E-state index contributed by atoms with van der Waals surface area (Å²) in [5.41, 5.74) is 0.981. The summed E-state index contributed by atoms with van der Waals surface area (Å²) in [5, 5.41) is 10.4. The van der Waals surface area contributed by atoms with Crippen molar-refractivity contribution in [2.24, 2.45) is 5.92 Å². The first-order chi connectivity index (χ1) is 11.5. The SMILES string of the molecule is CCC(CC)n1ncc(C)c1NC(=O)NCC1COCCN(C)C1. The van der Waals surface area contributed by atoms with Crippen LogP contribution in [-0.4, -0.2) is 60.6 Å². The van der Waals surface area contributed by atoms with Gasteiger partial charge in [0, 0.05) is 31.1 Å². The average molecular weight is 337 g/mol. The molecule has 0 aliphatic carbocycles. The fourth-order valence-corrected chi connectivity index (χ4v) is 3.08. The molecular weight excluding hydrogens is 306 g/mol. The number of carbonyl (C=O) groups is 1. The van der Waals surface area contributed by atoms with E-state index in [9.17, 15) is 4.79 Å². The average Bonchev–Trinajstić information content (AvgIpc) is 2.79. The molecular formula is C17H31N5O2. The molecule has 0 saturated carbocycles. The molecule has 136 valence electrons. The van der Waals surface area contributed by atoms with Gasteiger partial charge in [-0.25, -0.2) is 9.48 Å². The van der Waals surface area contributed by atoms with Gasteiger partial charge in [-0.3, -0.25) is 5.32 Å². The maximum atomic E-state index is 12.3. The van der Waals surface area contributed by atoms with Crippen LogP contribution in [-0.2, 0) is 4.74 Å². The van der Waals surface area contributed by atoms with Crippen LogP contribution in [0.25, 0.3) is 0 Å². The summed E-state index contributed by atoms with van der Waals surface area (Å²) in [6, 6.07) is 0.121. The van der Waals surface area contributed by atoms with Crippen LogP contribution >= 0.6 is 0 Å². The molecule has 2 rings (SSSR count). The fourth-order valence-electron chi connectivity index (χ4n) is 3.08. The first-order valence-electron chi connectivity index (χ1n) is 8.90. The highest BCUT2D eigenvalue weighted by atomic mass is 16.5. The van der Waals surface area contributed by atoms with E-state index < -0.39 is 0 Å². The molecule has 0 bridgehead atoms. The molecule has 2 N–H and O–H groups in total. The molecule has 1 aromatic heterocycles. The number of amides is 2. The molecule has 0 aromatic carbocycles. The largest absolute Gasteiger partial charge is 0.380 e.